The molecule has 22 heavy (non-hydrogen) atoms. The highest BCUT2D eigenvalue weighted by molar-refractivity contribution is 7.88. The molecule has 0 radical (unpaired) electrons. The molecule has 1 saturated heterocycles. The van der Waals surface area contributed by atoms with Gasteiger partial charge in [0.25, 0.3) is 0 Å². The van der Waals surface area contributed by atoms with Crippen molar-refractivity contribution in [3.05, 3.63) is 23.9 Å². The summed E-state index contributed by atoms with van der Waals surface area (Å²) < 4.78 is 25.7. The minimum atomic E-state index is -3.29. The van der Waals surface area contributed by atoms with Crippen molar-refractivity contribution in [2.75, 3.05) is 24.2 Å². The zero-order valence-electron chi connectivity index (χ0n) is 12.9. The molecule has 0 aromatic carbocycles. The van der Waals surface area contributed by atoms with E-state index in [4.69, 9.17) is 5.11 Å². The number of nitrogens with zero attached hydrogens (tertiary/aromatic N) is 2. The van der Waals surface area contributed by atoms with Crippen LogP contribution in [0.2, 0.25) is 0 Å². The molecule has 2 heterocycles. The highest BCUT2D eigenvalue weighted by Crippen LogP contribution is 2.28. The minimum absolute atomic E-state index is 0.144. The minimum Gasteiger partial charge on any atom is -0.478 e. The van der Waals surface area contributed by atoms with Crippen LogP contribution in [0.25, 0.3) is 0 Å². The molecule has 2 atom stereocenters. The fraction of sp³-hybridized carbons (Fsp3) is 0.571. The first-order valence-corrected chi connectivity index (χ1v) is 8.98. The van der Waals surface area contributed by atoms with E-state index in [2.05, 4.69) is 9.71 Å². The van der Waals surface area contributed by atoms with Crippen LogP contribution in [0.5, 0.6) is 0 Å². The topological polar surface area (TPSA) is 99.6 Å². The third-order valence-electron chi connectivity index (χ3n) is 3.90. The molecule has 0 bridgehead atoms. The summed E-state index contributed by atoms with van der Waals surface area (Å²) in [5.41, 5.74) is 0.172. The predicted molar refractivity (Wildman–Crippen MR) is 83.5 cm³/mol. The van der Waals surface area contributed by atoms with Gasteiger partial charge in [-0.1, -0.05) is 13.8 Å². The van der Waals surface area contributed by atoms with Crippen LogP contribution in [0.1, 0.15) is 24.2 Å². The van der Waals surface area contributed by atoms with Crippen molar-refractivity contribution in [3.8, 4) is 0 Å². The van der Waals surface area contributed by atoms with E-state index >= 15 is 0 Å². The van der Waals surface area contributed by atoms with E-state index in [-0.39, 0.29) is 17.5 Å². The van der Waals surface area contributed by atoms with E-state index in [1.807, 2.05) is 18.7 Å². The predicted octanol–water partition coefficient (Wildman–Crippen LogP) is 0.790. The molecule has 1 aromatic heterocycles. The lowest BCUT2D eigenvalue weighted by molar-refractivity contribution is 0.0696. The molecule has 0 spiro atoms. The summed E-state index contributed by atoms with van der Waals surface area (Å²) in [5, 5.41) is 9.06. The number of aromatic carboxylic acids is 1. The summed E-state index contributed by atoms with van der Waals surface area (Å²) in [6.45, 7) is 5.21. The molecule has 2 rings (SSSR count). The normalized spacial score (nSPS) is 22.3. The molecule has 0 saturated carbocycles. The van der Waals surface area contributed by atoms with Gasteiger partial charge in [-0.05, 0) is 24.0 Å². The molecule has 122 valence electrons. The summed E-state index contributed by atoms with van der Waals surface area (Å²) in [4.78, 5) is 17.2. The number of sulfonamides is 1. The summed E-state index contributed by atoms with van der Waals surface area (Å²) in [6.07, 6.45) is 2.61. The van der Waals surface area contributed by atoms with E-state index in [1.165, 1.54) is 18.3 Å². The molecule has 0 unspecified atom stereocenters. The number of nitrogens with one attached hydrogen (secondary N) is 1. The molecule has 2 N–H and O–H groups in total. The number of aromatic nitrogens is 1. The highest BCUT2D eigenvalue weighted by atomic mass is 32.2. The highest BCUT2D eigenvalue weighted by Gasteiger charge is 2.36. The fourth-order valence-electron chi connectivity index (χ4n) is 2.82. The molecule has 0 amide bonds. The van der Waals surface area contributed by atoms with Gasteiger partial charge in [-0.2, -0.15) is 0 Å². The average Bonchev–Trinajstić information content (AvgIpc) is 2.80. The zero-order chi connectivity index (χ0) is 16.5. The van der Waals surface area contributed by atoms with Crippen molar-refractivity contribution in [1.82, 2.24) is 9.71 Å². The van der Waals surface area contributed by atoms with Crippen LogP contribution in [-0.4, -0.2) is 49.9 Å². The van der Waals surface area contributed by atoms with Gasteiger partial charge in [-0.15, -0.1) is 0 Å². The van der Waals surface area contributed by atoms with Crippen LogP contribution < -0.4 is 9.62 Å². The van der Waals surface area contributed by atoms with Gasteiger partial charge >= 0.3 is 5.97 Å². The fourth-order valence-corrected chi connectivity index (χ4v) is 3.61. The van der Waals surface area contributed by atoms with Crippen molar-refractivity contribution in [2.24, 2.45) is 11.8 Å². The summed E-state index contributed by atoms with van der Waals surface area (Å²) in [5.74, 6) is -0.00525. The maximum Gasteiger partial charge on any atom is 0.335 e. The van der Waals surface area contributed by atoms with E-state index in [9.17, 15) is 13.2 Å². The number of anilines is 1. The number of hydrogen-bond acceptors (Lipinski definition) is 5. The van der Waals surface area contributed by atoms with Crippen molar-refractivity contribution in [3.63, 3.8) is 0 Å². The van der Waals surface area contributed by atoms with Crippen LogP contribution in [0, 0.1) is 11.8 Å². The molecule has 8 heteroatoms. The quantitative estimate of drug-likeness (QED) is 0.829. The van der Waals surface area contributed by atoms with Gasteiger partial charge in [0.2, 0.25) is 10.0 Å². The van der Waals surface area contributed by atoms with E-state index in [1.54, 1.807) is 0 Å². The zero-order valence-corrected chi connectivity index (χ0v) is 13.7. The summed E-state index contributed by atoms with van der Waals surface area (Å²) in [7, 11) is -3.29. The molecule has 1 aromatic rings. The average molecular weight is 327 g/mol. The summed E-state index contributed by atoms with van der Waals surface area (Å²) in [6, 6.07) is 2.75. The first-order chi connectivity index (χ1) is 10.2. The first-order valence-electron chi connectivity index (χ1n) is 7.09. The SMILES string of the molecule is CC(C)[C@@H]1CN(c2cc(C(=O)O)ccn2)C[C@H]1NS(C)(=O)=O. The Morgan fingerprint density at radius 3 is 2.68 bits per heavy atom. The Balaban J connectivity index is 2.23. The van der Waals surface area contributed by atoms with Crippen LogP contribution in [0.15, 0.2) is 18.3 Å². The second kappa shape index (κ2) is 6.21. The number of carboxylic acids is 1. The lowest BCUT2D eigenvalue weighted by Crippen LogP contribution is -2.41. The Morgan fingerprint density at radius 1 is 1.45 bits per heavy atom. The van der Waals surface area contributed by atoms with Crippen molar-refractivity contribution in [2.45, 2.75) is 19.9 Å². The Morgan fingerprint density at radius 2 is 2.14 bits per heavy atom. The lowest BCUT2D eigenvalue weighted by atomic mass is 9.92. The van der Waals surface area contributed by atoms with Gasteiger partial charge < -0.3 is 10.0 Å². The second-order valence-corrected chi connectivity index (χ2v) is 7.80. The van der Waals surface area contributed by atoms with Gasteiger partial charge in [-0.25, -0.2) is 22.9 Å². The number of carboxylic acid groups (broad SMARTS) is 1. The lowest BCUT2D eigenvalue weighted by Gasteiger charge is -2.21. The van der Waals surface area contributed by atoms with E-state index in [0.29, 0.717) is 24.8 Å². The number of rotatable bonds is 5. The van der Waals surface area contributed by atoms with Crippen LogP contribution >= 0.6 is 0 Å². The van der Waals surface area contributed by atoms with Crippen LogP contribution in [-0.2, 0) is 10.0 Å². The number of pyridine rings is 1. The van der Waals surface area contributed by atoms with Crippen molar-refractivity contribution < 1.29 is 18.3 Å². The van der Waals surface area contributed by atoms with Crippen LogP contribution in [0.3, 0.4) is 0 Å². The third kappa shape index (κ3) is 3.95. The van der Waals surface area contributed by atoms with E-state index in [0.717, 1.165) is 6.26 Å². The van der Waals surface area contributed by atoms with Gasteiger partial charge in [0.15, 0.2) is 0 Å². The van der Waals surface area contributed by atoms with Gasteiger partial charge in [0.1, 0.15) is 5.82 Å². The standard InChI is InChI=1S/C14H21N3O4S/c1-9(2)11-7-17(8-12(11)16-22(3,20)21)13-6-10(14(18)19)4-5-15-13/h4-6,9,11-12,16H,7-8H2,1-3H3,(H,18,19)/t11-,12+/m0/s1. The smallest absolute Gasteiger partial charge is 0.335 e. The third-order valence-corrected chi connectivity index (χ3v) is 4.63. The number of carbonyl (C=O) groups is 1. The molecule has 1 aliphatic heterocycles. The largest absolute Gasteiger partial charge is 0.478 e. The van der Waals surface area contributed by atoms with Crippen molar-refractivity contribution in [1.29, 1.82) is 0 Å². The van der Waals surface area contributed by atoms with Gasteiger partial charge in [0, 0.05) is 25.3 Å². The molecule has 7 nitrogen and oxygen atoms in total. The Labute approximate surface area is 130 Å². The first kappa shape index (κ1) is 16.7. The van der Waals surface area contributed by atoms with Gasteiger partial charge in [0.05, 0.1) is 11.8 Å². The molecular weight excluding hydrogens is 306 g/mol. The van der Waals surface area contributed by atoms with Crippen molar-refractivity contribution >= 4 is 21.8 Å². The van der Waals surface area contributed by atoms with E-state index < -0.39 is 16.0 Å². The van der Waals surface area contributed by atoms with Gasteiger partial charge in [-0.3, -0.25) is 0 Å². The summed E-state index contributed by atoms with van der Waals surface area (Å²) >= 11 is 0. The molecule has 1 aliphatic rings. The molecule has 0 aliphatic carbocycles. The number of hydrogen-bond donors (Lipinski definition) is 2. The maximum atomic E-state index is 11.5. The molecule has 1 fully saturated rings. The Bertz CT molecular complexity index is 660. The Hall–Kier alpha value is -1.67. The monoisotopic (exact) mass is 327 g/mol. The Kier molecular flexibility index (Phi) is 4.72. The van der Waals surface area contributed by atoms with Crippen LogP contribution in [0.4, 0.5) is 5.82 Å². The maximum absolute atomic E-state index is 11.5. The molecular formula is C14H21N3O4S. The second-order valence-electron chi connectivity index (χ2n) is 6.02.